The Bertz CT molecular complexity index is 991. The largest absolute Gasteiger partial charge is 0.497 e. The molecule has 30 heavy (non-hydrogen) atoms. The van der Waals surface area contributed by atoms with Crippen LogP contribution in [-0.2, 0) is 14.8 Å². The maximum absolute atomic E-state index is 13.0. The molecule has 9 heteroatoms. The quantitative estimate of drug-likeness (QED) is 0.720. The van der Waals surface area contributed by atoms with Crippen LogP contribution in [-0.4, -0.2) is 53.0 Å². The van der Waals surface area contributed by atoms with Crippen LogP contribution >= 0.6 is 0 Å². The molecule has 3 rings (SSSR count). The third kappa shape index (κ3) is 4.68. The average molecular weight is 435 g/mol. The topological polar surface area (TPSA) is 94.2 Å². The molecule has 2 aromatic carbocycles. The van der Waals surface area contributed by atoms with E-state index < -0.39 is 15.9 Å². The van der Waals surface area contributed by atoms with Crippen LogP contribution in [0.3, 0.4) is 0 Å². The molecule has 0 spiro atoms. The van der Waals surface area contributed by atoms with Crippen molar-refractivity contribution in [1.82, 2.24) is 4.31 Å². The normalized spacial score (nSPS) is 17.2. The number of carbonyl (C=O) groups is 1. The Morgan fingerprint density at radius 2 is 1.67 bits per heavy atom. The van der Waals surface area contributed by atoms with Gasteiger partial charge in [0.05, 0.1) is 37.8 Å². The summed E-state index contributed by atoms with van der Waals surface area (Å²) in [5.41, 5.74) is 0.512. The number of ether oxygens (including phenoxy) is 3. The summed E-state index contributed by atoms with van der Waals surface area (Å²) in [7, 11) is 0.888. The number of amides is 1. The van der Waals surface area contributed by atoms with Gasteiger partial charge in [0.15, 0.2) is 0 Å². The lowest BCUT2D eigenvalue weighted by atomic mass is 9.98. The lowest BCUT2D eigenvalue weighted by molar-refractivity contribution is -0.120. The summed E-state index contributed by atoms with van der Waals surface area (Å²) in [6.45, 7) is 0.503. The van der Waals surface area contributed by atoms with Crippen LogP contribution < -0.4 is 19.5 Å². The van der Waals surface area contributed by atoms with Gasteiger partial charge in [0.1, 0.15) is 17.2 Å². The van der Waals surface area contributed by atoms with Crippen molar-refractivity contribution < 1.29 is 27.4 Å². The molecular formula is C21H26N2O6S. The number of hydrogen-bond acceptors (Lipinski definition) is 6. The molecule has 8 nitrogen and oxygen atoms in total. The van der Waals surface area contributed by atoms with E-state index in [0.29, 0.717) is 42.3 Å². The van der Waals surface area contributed by atoms with E-state index >= 15 is 0 Å². The fourth-order valence-corrected chi connectivity index (χ4v) is 4.93. The van der Waals surface area contributed by atoms with Gasteiger partial charge in [0.25, 0.3) is 0 Å². The lowest BCUT2D eigenvalue weighted by Crippen LogP contribution is -2.43. The minimum absolute atomic E-state index is 0.124. The van der Waals surface area contributed by atoms with Gasteiger partial charge in [-0.1, -0.05) is 0 Å². The monoisotopic (exact) mass is 434 g/mol. The second-order valence-electron chi connectivity index (χ2n) is 6.93. The molecule has 1 aliphatic heterocycles. The third-order valence-corrected chi connectivity index (χ3v) is 7.00. The number of rotatable bonds is 7. The zero-order valence-corrected chi connectivity index (χ0v) is 18.1. The Balaban J connectivity index is 1.73. The van der Waals surface area contributed by atoms with Gasteiger partial charge >= 0.3 is 0 Å². The summed E-state index contributed by atoms with van der Waals surface area (Å²) in [6, 6.07) is 11.3. The molecule has 0 radical (unpaired) electrons. The number of nitrogens with one attached hydrogen (secondary N) is 1. The Hall–Kier alpha value is -2.78. The van der Waals surface area contributed by atoms with E-state index in [-0.39, 0.29) is 17.3 Å². The van der Waals surface area contributed by atoms with Crippen molar-refractivity contribution >= 4 is 21.6 Å². The van der Waals surface area contributed by atoms with Gasteiger partial charge in [0, 0.05) is 19.2 Å². The Morgan fingerprint density at radius 1 is 1.00 bits per heavy atom. The van der Waals surface area contributed by atoms with Crippen LogP contribution in [0.25, 0.3) is 0 Å². The SMILES string of the molecule is COc1ccc(S(=O)(=O)N2CCC[C@H](C(=O)Nc3ccc(OC)cc3OC)C2)cc1. The van der Waals surface area contributed by atoms with E-state index in [1.807, 2.05) is 0 Å². The minimum Gasteiger partial charge on any atom is -0.497 e. The second kappa shape index (κ2) is 9.36. The zero-order chi connectivity index (χ0) is 21.7. The molecule has 0 unspecified atom stereocenters. The molecule has 0 aromatic heterocycles. The summed E-state index contributed by atoms with van der Waals surface area (Å²) in [5, 5.41) is 2.85. The number of piperidine rings is 1. The number of nitrogens with zero attached hydrogens (tertiary/aromatic N) is 1. The molecule has 1 saturated heterocycles. The van der Waals surface area contributed by atoms with Crippen LogP contribution in [0.5, 0.6) is 17.2 Å². The van der Waals surface area contributed by atoms with Crippen molar-refractivity contribution in [3.63, 3.8) is 0 Å². The Labute approximate surface area is 176 Å². The molecule has 1 aliphatic rings. The summed E-state index contributed by atoms with van der Waals surface area (Å²) in [4.78, 5) is 13.0. The number of sulfonamides is 1. The van der Waals surface area contributed by atoms with Crippen molar-refractivity contribution in [3.8, 4) is 17.2 Å². The molecule has 1 fully saturated rings. The summed E-state index contributed by atoms with van der Waals surface area (Å²) in [6.07, 6.45) is 1.21. The highest BCUT2D eigenvalue weighted by atomic mass is 32.2. The van der Waals surface area contributed by atoms with Gasteiger partial charge in [-0.2, -0.15) is 4.31 Å². The van der Waals surface area contributed by atoms with Crippen molar-refractivity contribution in [3.05, 3.63) is 42.5 Å². The standard InChI is InChI=1S/C21H26N2O6S/c1-27-16-6-9-18(10-7-16)30(25,26)23-12-4-5-15(14-23)21(24)22-19-11-8-17(28-2)13-20(19)29-3/h6-11,13,15H,4-5,12,14H2,1-3H3,(H,22,24)/t15-/m0/s1. The Kier molecular flexibility index (Phi) is 6.84. The van der Waals surface area contributed by atoms with E-state index in [0.717, 1.165) is 0 Å². The maximum atomic E-state index is 13.0. The summed E-state index contributed by atoms with van der Waals surface area (Å²) in [5.74, 6) is 0.963. The third-order valence-electron chi connectivity index (χ3n) is 5.12. The molecule has 0 saturated carbocycles. The van der Waals surface area contributed by atoms with Crippen molar-refractivity contribution in [2.45, 2.75) is 17.7 Å². The number of methoxy groups -OCH3 is 3. The van der Waals surface area contributed by atoms with Gasteiger partial charge < -0.3 is 19.5 Å². The first-order chi connectivity index (χ1) is 14.4. The smallest absolute Gasteiger partial charge is 0.243 e. The van der Waals surface area contributed by atoms with Crippen LogP contribution in [0.15, 0.2) is 47.4 Å². The zero-order valence-electron chi connectivity index (χ0n) is 17.3. The van der Waals surface area contributed by atoms with Gasteiger partial charge in [0.2, 0.25) is 15.9 Å². The van der Waals surface area contributed by atoms with Gasteiger partial charge in [-0.3, -0.25) is 4.79 Å². The fraction of sp³-hybridized carbons (Fsp3) is 0.381. The van der Waals surface area contributed by atoms with Crippen molar-refractivity contribution in [2.24, 2.45) is 5.92 Å². The molecule has 2 aromatic rings. The summed E-state index contributed by atoms with van der Waals surface area (Å²) < 4.78 is 42.9. The molecular weight excluding hydrogens is 408 g/mol. The van der Waals surface area contributed by atoms with Crippen LogP contribution in [0.1, 0.15) is 12.8 Å². The van der Waals surface area contributed by atoms with E-state index in [4.69, 9.17) is 14.2 Å². The molecule has 162 valence electrons. The van der Waals surface area contributed by atoms with E-state index in [1.54, 1.807) is 37.4 Å². The average Bonchev–Trinajstić information content (AvgIpc) is 2.79. The predicted molar refractivity (Wildman–Crippen MR) is 113 cm³/mol. The van der Waals surface area contributed by atoms with Crippen LogP contribution in [0.4, 0.5) is 5.69 Å². The molecule has 0 aliphatic carbocycles. The maximum Gasteiger partial charge on any atom is 0.243 e. The number of anilines is 1. The minimum atomic E-state index is -3.69. The van der Waals surface area contributed by atoms with Gasteiger partial charge in [-0.25, -0.2) is 8.42 Å². The first kappa shape index (κ1) is 21.9. The number of benzene rings is 2. The molecule has 1 amide bonds. The molecule has 0 bridgehead atoms. The highest BCUT2D eigenvalue weighted by molar-refractivity contribution is 7.89. The first-order valence-corrected chi connectivity index (χ1v) is 11.0. The second-order valence-corrected chi connectivity index (χ2v) is 8.87. The van der Waals surface area contributed by atoms with Gasteiger partial charge in [-0.15, -0.1) is 0 Å². The molecule has 1 atom stereocenters. The fourth-order valence-electron chi connectivity index (χ4n) is 3.41. The Morgan fingerprint density at radius 3 is 2.30 bits per heavy atom. The van der Waals surface area contributed by atoms with Crippen molar-refractivity contribution in [1.29, 1.82) is 0 Å². The first-order valence-electron chi connectivity index (χ1n) is 9.56. The number of hydrogen-bond donors (Lipinski definition) is 1. The highest BCUT2D eigenvalue weighted by Gasteiger charge is 2.33. The van der Waals surface area contributed by atoms with E-state index in [2.05, 4.69) is 5.32 Å². The lowest BCUT2D eigenvalue weighted by Gasteiger charge is -2.31. The molecule has 1 heterocycles. The highest BCUT2D eigenvalue weighted by Crippen LogP contribution is 2.31. The van der Waals surface area contributed by atoms with Gasteiger partial charge in [-0.05, 0) is 49.2 Å². The van der Waals surface area contributed by atoms with Crippen LogP contribution in [0, 0.1) is 5.92 Å². The number of carbonyl (C=O) groups excluding carboxylic acids is 1. The van der Waals surface area contributed by atoms with Crippen molar-refractivity contribution in [2.75, 3.05) is 39.7 Å². The van der Waals surface area contributed by atoms with E-state index in [1.165, 1.54) is 30.7 Å². The predicted octanol–water partition coefficient (Wildman–Crippen LogP) is 2.75. The van der Waals surface area contributed by atoms with Crippen LogP contribution in [0.2, 0.25) is 0 Å². The molecule has 1 N–H and O–H groups in total. The van der Waals surface area contributed by atoms with E-state index in [9.17, 15) is 13.2 Å². The summed E-state index contributed by atoms with van der Waals surface area (Å²) >= 11 is 0.